The zero-order valence-corrected chi connectivity index (χ0v) is 7.47. The first-order valence-electron chi connectivity index (χ1n) is 3.69. The number of thioether (sulfide) groups is 1. The highest BCUT2D eigenvalue weighted by molar-refractivity contribution is 8.00. The summed E-state index contributed by atoms with van der Waals surface area (Å²) in [6, 6.07) is 0. The van der Waals surface area contributed by atoms with Crippen molar-refractivity contribution in [1.29, 1.82) is 0 Å². The molecule has 0 saturated carbocycles. The van der Waals surface area contributed by atoms with Crippen LogP contribution in [0.15, 0.2) is 11.2 Å². The van der Waals surface area contributed by atoms with Gasteiger partial charge < -0.3 is 0 Å². The van der Waals surface area contributed by atoms with E-state index in [2.05, 4.69) is 23.5 Å². The fraction of sp³-hybridized carbons (Fsp3) is 0.571. The molecular formula is C7H12N3S. The second-order valence-electron chi connectivity index (χ2n) is 2.29. The molecule has 1 aromatic heterocycles. The highest BCUT2D eigenvalue weighted by Gasteiger charge is 1.99. The van der Waals surface area contributed by atoms with Gasteiger partial charge in [0, 0.05) is 12.8 Å². The second-order valence-corrected chi connectivity index (χ2v) is 3.00. The third kappa shape index (κ3) is 2.22. The van der Waals surface area contributed by atoms with Gasteiger partial charge in [-0.25, -0.2) is 4.68 Å². The zero-order chi connectivity index (χ0) is 8.10. The van der Waals surface area contributed by atoms with Crippen LogP contribution < -0.4 is 0 Å². The van der Waals surface area contributed by atoms with E-state index in [0.29, 0.717) is 0 Å². The van der Waals surface area contributed by atoms with Gasteiger partial charge in [-0.3, -0.25) is 0 Å². The molecular weight excluding hydrogens is 158 g/mol. The van der Waals surface area contributed by atoms with Gasteiger partial charge in [0.05, 0.1) is 6.20 Å². The van der Waals surface area contributed by atoms with Crippen LogP contribution in [0.1, 0.15) is 19.8 Å². The molecule has 0 aliphatic rings. The largest absolute Gasteiger partial charge is 0.239 e. The van der Waals surface area contributed by atoms with E-state index in [1.807, 2.05) is 4.68 Å². The van der Waals surface area contributed by atoms with E-state index in [-0.39, 0.29) is 0 Å². The van der Waals surface area contributed by atoms with Crippen molar-refractivity contribution in [3.05, 3.63) is 12.5 Å². The number of aryl methyl sites for hydroxylation is 1. The van der Waals surface area contributed by atoms with E-state index in [4.69, 9.17) is 0 Å². The molecule has 1 rings (SSSR count). The Balaban J connectivity index is 2.54. The van der Waals surface area contributed by atoms with Gasteiger partial charge >= 0.3 is 0 Å². The lowest BCUT2D eigenvalue weighted by atomic mass is 10.3. The van der Waals surface area contributed by atoms with Crippen LogP contribution in [0, 0.1) is 6.26 Å². The molecule has 0 aromatic carbocycles. The Morgan fingerprint density at radius 3 is 3.18 bits per heavy atom. The van der Waals surface area contributed by atoms with Crippen molar-refractivity contribution >= 4 is 11.8 Å². The molecule has 3 nitrogen and oxygen atoms in total. The normalized spacial score (nSPS) is 10.4. The Kier molecular flexibility index (Phi) is 3.42. The van der Waals surface area contributed by atoms with Crippen molar-refractivity contribution in [1.82, 2.24) is 15.0 Å². The van der Waals surface area contributed by atoms with Gasteiger partial charge in [-0.15, -0.1) is 16.9 Å². The minimum atomic E-state index is 0.953. The smallest absolute Gasteiger partial charge is 0.114 e. The predicted octanol–water partition coefficient (Wildman–Crippen LogP) is 1.96. The van der Waals surface area contributed by atoms with Gasteiger partial charge in [-0.2, -0.15) is 0 Å². The minimum absolute atomic E-state index is 0.953. The summed E-state index contributed by atoms with van der Waals surface area (Å²) in [5, 5.41) is 8.77. The molecule has 4 heteroatoms. The molecule has 0 bridgehead atoms. The maximum Gasteiger partial charge on any atom is 0.114 e. The Morgan fingerprint density at radius 1 is 1.73 bits per heavy atom. The number of rotatable bonds is 4. The van der Waals surface area contributed by atoms with Crippen LogP contribution in [0.5, 0.6) is 0 Å². The maximum absolute atomic E-state index is 3.93. The summed E-state index contributed by atoms with van der Waals surface area (Å²) >= 11 is 1.44. The van der Waals surface area contributed by atoms with Gasteiger partial charge in [0.2, 0.25) is 0 Å². The SMILES string of the molecule is [CH2]Sc1cnnn1CCCC. The molecule has 0 atom stereocenters. The summed E-state index contributed by atoms with van der Waals surface area (Å²) in [7, 11) is 0. The summed E-state index contributed by atoms with van der Waals surface area (Å²) in [6.07, 6.45) is 7.79. The third-order valence-electron chi connectivity index (χ3n) is 1.45. The molecule has 11 heavy (non-hydrogen) atoms. The van der Waals surface area contributed by atoms with Crippen molar-refractivity contribution in [3.8, 4) is 0 Å². The standard InChI is InChI=1S/C7H12N3S/c1-3-4-5-10-7(11-2)6-8-9-10/h6H,2-5H2,1H3. The van der Waals surface area contributed by atoms with Gasteiger partial charge in [0.1, 0.15) is 5.03 Å². The Labute approximate surface area is 71.2 Å². The van der Waals surface area contributed by atoms with Crippen LogP contribution in [0.4, 0.5) is 0 Å². The van der Waals surface area contributed by atoms with Gasteiger partial charge in [-0.1, -0.05) is 18.6 Å². The summed E-state index contributed by atoms with van der Waals surface area (Å²) in [4.78, 5) is 0. The fourth-order valence-electron chi connectivity index (χ4n) is 0.823. The second kappa shape index (κ2) is 4.38. The molecule has 1 aromatic rings. The molecule has 0 fully saturated rings. The summed E-state index contributed by atoms with van der Waals surface area (Å²) in [5.41, 5.74) is 0. The Hall–Kier alpha value is -0.510. The van der Waals surface area contributed by atoms with Gasteiger partial charge in [-0.05, 0) is 6.42 Å². The number of nitrogens with zero attached hydrogens (tertiary/aromatic N) is 3. The first-order chi connectivity index (χ1) is 5.38. The van der Waals surface area contributed by atoms with Crippen LogP contribution in [-0.2, 0) is 6.54 Å². The van der Waals surface area contributed by atoms with E-state index in [9.17, 15) is 0 Å². The third-order valence-corrected chi connectivity index (χ3v) is 2.07. The lowest BCUT2D eigenvalue weighted by Crippen LogP contribution is -2.00. The first kappa shape index (κ1) is 8.59. The number of unbranched alkanes of at least 4 members (excludes halogenated alkanes) is 1. The van der Waals surface area contributed by atoms with Crippen LogP contribution >= 0.6 is 11.8 Å². The van der Waals surface area contributed by atoms with E-state index in [0.717, 1.165) is 18.0 Å². The monoisotopic (exact) mass is 170 g/mol. The molecule has 1 radical (unpaired) electrons. The molecule has 0 aliphatic carbocycles. The van der Waals surface area contributed by atoms with Gasteiger partial charge in [0.15, 0.2) is 0 Å². The minimum Gasteiger partial charge on any atom is -0.239 e. The number of hydrogen-bond acceptors (Lipinski definition) is 3. The van der Waals surface area contributed by atoms with Crippen LogP contribution in [0.3, 0.4) is 0 Å². The zero-order valence-electron chi connectivity index (χ0n) is 6.66. The average molecular weight is 170 g/mol. The lowest BCUT2D eigenvalue weighted by Gasteiger charge is -2.00. The summed E-state index contributed by atoms with van der Waals surface area (Å²) in [6.45, 7) is 3.11. The fourth-order valence-corrected chi connectivity index (χ4v) is 1.22. The van der Waals surface area contributed by atoms with E-state index in [1.165, 1.54) is 18.2 Å². The molecule has 1 heterocycles. The van der Waals surface area contributed by atoms with Crippen molar-refractivity contribution in [2.24, 2.45) is 0 Å². The van der Waals surface area contributed by atoms with Crippen molar-refractivity contribution in [3.63, 3.8) is 0 Å². The van der Waals surface area contributed by atoms with Crippen LogP contribution in [-0.4, -0.2) is 15.0 Å². The van der Waals surface area contributed by atoms with E-state index in [1.54, 1.807) is 6.20 Å². The Morgan fingerprint density at radius 2 is 2.55 bits per heavy atom. The van der Waals surface area contributed by atoms with Gasteiger partial charge in [0.25, 0.3) is 0 Å². The molecule has 0 aliphatic heterocycles. The molecule has 0 saturated heterocycles. The highest BCUT2D eigenvalue weighted by atomic mass is 32.2. The maximum atomic E-state index is 3.93. The van der Waals surface area contributed by atoms with Crippen molar-refractivity contribution in [2.45, 2.75) is 31.3 Å². The first-order valence-corrected chi connectivity index (χ1v) is 4.67. The van der Waals surface area contributed by atoms with E-state index >= 15 is 0 Å². The number of aromatic nitrogens is 3. The quantitative estimate of drug-likeness (QED) is 0.647. The molecule has 0 N–H and O–H groups in total. The number of hydrogen-bond donors (Lipinski definition) is 0. The van der Waals surface area contributed by atoms with Crippen molar-refractivity contribution < 1.29 is 0 Å². The highest BCUT2D eigenvalue weighted by Crippen LogP contribution is 2.13. The summed E-state index contributed by atoms with van der Waals surface area (Å²) in [5.74, 6) is 0. The molecule has 0 spiro atoms. The van der Waals surface area contributed by atoms with Crippen LogP contribution in [0.25, 0.3) is 0 Å². The topological polar surface area (TPSA) is 30.7 Å². The van der Waals surface area contributed by atoms with E-state index < -0.39 is 0 Å². The molecule has 0 amide bonds. The lowest BCUT2D eigenvalue weighted by molar-refractivity contribution is 0.520. The average Bonchev–Trinajstić information content (AvgIpc) is 2.47. The van der Waals surface area contributed by atoms with Crippen molar-refractivity contribution in [2.75, 3.05) is 0 Å². The predicted molar refractivity (Wildman–Crippen MR) is 46.1 cm³/mol. The Bertz CT molecular complexity index is 209. The summed E-state index contributed by atoms with van der Waals surface area (Å²) < 4.78 is 1.89. The van der Waals surface area contributed by atoms with Crippen LogP contribution in [0.2, 0.25) is 0 Å². The molecule has 61 valence electrons. The molecule has 0 unspecified atom stereocenters.